The summed E-state index contributed by atoms with van der Waals surface area (Å²) in [5.41, 5.74) is 0.533. The molecule has 1 N–H and O–H groups in total. The number of carbonyl (C=O) groups is 1. The van der Waals surface area contributed by atoms with Crippen molar-refractivity contribution in [2.24, 2.45) is 11.3 Å². The molecule has 1 fully saturated rings. The Kier molecular flexibility index (Phi) is 3.88. The highest BCUT2D eigenvalue weighted by Gasteiger charge is 2.31. The molecule has 4 nitrogen and oxygen atoms in total. The van der Waals surface area contributed by atoms with E-state index in [9.17, 15) is 4.79 Å². The van der Waals surface area contributed by atoms with Crippen LogP contribution < -0.4 is 0 Å². The number of carboxylic acid groups (broad SMARTS) is 1. The lowest BCUT2D eigenvalue weighted by Crippen LogP contribution is -2.25. The van der Waals surface area contributed by atoms with Gasteiger partial charge in [-0.3, -0.25) is 0 Å². The van der Waals surface area contributed by atoms with Gasteiger partial charge in [0.25, 0.3) is 0 Å². The predicted molar refractivity (Wildman–Crippen MR) is 73.1 cm³/mol. The second kappa shape index (κ2) is 5.27. The molecule has 1 saturated carbocycles. The zero-order chi connectivity index (χ0) is 14.0. The first-order chi connectivity index (χ1) is 8.88. The van der Waals surface area contributed by atoms with Crippen molar-refractivity contribution in [1.82, 2.24) is 9.97 Å². The van der Waals surface area contributed by atoms with Crippen molar-refractivity contribution < 1.29 is 9.90 Å². The first-order valence-electron chi connectivity index (χ1n) is 6.93. The minimum Gasteiger partial charge on any atom is -0.478 e. The Morgan fingerprint density at radius 3 is 2.11 bits per heavy atom. The fourth-order valence-electron chi connectivity index (χ4n) is 2.88. The summed E-state index contributed by atoms with van der Waals surface area (Å²) in [6.45, 7) is 6.91. The normalized spacial score (nSPS) is 24.2. The number of aromatic carboxylic acids is 1. The average Bonchev–Trinajstić information content (AvgIpc) is 2.38. The monoisotopic (exact) mass is 262 g/mol. The van der Waals surface area contributed by atoms with Gasteiger partial charge in [0.1, 0.15) is 5.82 Å². The molecule has 104 valence electrons. The van der Waals surface area contributed by atoms with Gasteiger partial charge < -0.3 is 5.11 Å². The molecule has 0 radical (unpaired) electrons. The van der Waals surface area contributed by atoms with Crippen LogP contribution in [-0.2, 0) is 0 Å². The number of carboxylic acids is 1. The molecule has 0 aliphatic heterocycles. The molecule has 1 aliphatic carbocycles. The summed E-state index contributed by atoms with van der Waals surface area (Å²) in [5.74, 6) is 0.990. The minimum atomic E-state index is -0.969. The fraction of sp³-hybridized carbons (Fsp3) is 0.667. The van der Waals surface area contributed by atoms with E-state index < -0.39 is 5.97 Å². The van der Waals surface area contributed by atoms with E-state index in [0.717, 1.165) is 24.6 Å². The van der Waals surface area contributed by atoms with E-state index in [2.05, 4.69) is 30.7 Å². The Hall–Kier alpha value is -1.45. The smallest absolute Gasteiger partial charge is 0.338 e. The van der Waals surface area contributed by atoms with Crippen molar-refractivity contribution in [3.63, 3.8) is 0 Å². The number of rotatable bonds is 2. The van der Waals surface area contributed by atoms with Crippen molar-refractivity contribution in [3.8, 4) is 0 Å². The van der Waals surface area contributed by atoms with Gasteiger partial charge in [-0.05, 0) is 37.0 Å². The summed E-state index contributed by atoms with van der Waals surface area (Å²) in [6, 6.07) is 0. The lowest BCUT2D eigenvalue weighted by Gasteiger charge is -2.36. The second-order valence-electron chi connectivity index (χ2n) is 6.55. The molecule has 0 spiro atoms. The van der Waals surface area contributed by atoms with E-state index in [1.54, 1.807) is 0 Å². The van der Waals surface area contributed by atoms with E-state index >= 15 is 0 Å². The molecular formula is C15H22N2O2. The van der Waals surface area contributed by atoms with E-state index in [-0.39, 0.29) is 5.56 Å². The fourth-order valence-corrected chi connectivity index (χ4v) is 2.88. The Morgan fingerprint density at radius 2 is 1.68 bits per heavy atom. The largest absolute Gasteiger partial charge is 0.478 e. The van der Waals surface area contributed by atoms with E-state index in [0.29, 0.717) is 11.3 Å². The van der Waals surface area contributed by atoms with Crippen LogP contribution in [0.2, 0.25) is 0 Å². The number of nitrogens with zero attached hydrogens (tertiary/aromatic N) is 2. The van der Waals surface area contributed by atoms with Gasteiger partial charge in [-0.1, -0.05) is 20.8 Å². The van der Waals surface area contributed by atoms with E-state index in [4.69, 9.17) is 5.11 Å². The van der Waals surface area contributed by atoms with Crippen LogP contribution in [0.4, 0.5) is 0 Å². The summed E-state index contributed by atoms with van der Waals surface area (Å²) in [5, 5.41) is 8.83. The summed E-state index contributed by atoms with van der Waals surface area (Å²) in [7, 11) is 0. The molecule has 0 unspecified atom stereocenters. The molecule has 0 saturated heterocycles. The standard InChI is InChI=1S/C15H22N2O2/c1-15(2,3)12-6-4-10(5-7-12)13-16-8-11(9-17-13)14(18)19/h8-10,12H,4-7H2,1-3H3,(H,18,19). The maximum atomic E-state index is 10.8. The molecule has 4 heteroatoms. The van der Waals surface area contributed by atoms with Crippen LogP contribution in [-0.4, -0.2) is 21.0 Å². The summed E-state index contributed by atoms with van der Waals surface area (Å²) in [4.78, 5) is 19.2. The van der Waals surface area contributed by atoms with Crippen molar-refractivity contribution in [1.29, 1.82) is 0 Å². The molecule has 1 aromatic rings. The van der Waals surface area contributed by atoms with Crippen molar-refractivity contribution in [2.45, 2.75) is 52.4 Å². The van der Waals surface area contributed by atoms with Gasteiger partial charge in [0, 0.05) is 18.3 Å². The summed E-state index contributed by atoms with van der Waals surface area (Å²) < 4.78 is 0. The van der Waals surface area contributed by atoms with Crippen LogP contribution in [0.5, 0.6) is 0 Å². The first kappa shape index (κ1) is 14.0. The zero-order valence-corrected chi connectivity index (χ0v) is 11.9. The maximum absolute atomic E-state index is 10.8. The van der Waals surface area contributed by atoms with Crippen molar-refractivity contribution in [3.05, 3.63) is 23.8 Å². The molecule has 0 aromatic carbocycles. The first-order valence-corrected chi connectivity index (χ1v) is 6.93. The molecule has 0 bridgehead atoms. The average molecular weight is 262 g/mol. The maximum Gasteiger partial charge on any atom is 0.338 e. The van der Waals surface area contributed by atoms with Crippen LogP contribution in [0.3, 0.4) is 0 Å². The number of hydrogen-bond acceptors (Lipinski definition) is 3. The third kappa shape index (κ3) is 3.31. The molecule has 0 atom stereocenters. The third-order valence-electron chi connectivity index (χ3n) is 4.24. The van der Waals surface area contributed by atoms with Crippen LogP contribution in [0.15, 0.2) is 12.4 Å². The predicted octanol–water partition coefficient (Wildman–Crippen LogP) is 3.49. The number of hydrogen-bond donors (Lipinski definition) is 1. The second-order valence-corrected chi connectivity index (χ2v) is 6.55. The van der Waals surface area contributed by atoms with Gasteiger partial charge in [0.2, 0.25) is 0 Å². The topological polar surface area (TPSA) is 63.1 Å². The van der Waals surface area contributed by atoms with Crippen LogP contribution in [0.25, 0.3) is 0 Å². The molecular weight excluding hydrogens is 240 g/mol. The summed E-state index contributed by atoms with van der Waals surface area (Å²) >= 11 is 0. The highest BCUT2D eigenvalue weighted by molar-refractivity contribution is 5.86. The highest BCUT2D eigenvalue weighted by atomic mass is 16.4. The van der Waals surface area contributed by atoms with Crippen LogP contribution >= 0.6 is 0 Å². The molecule has 1 aromatic heterocycles. The zero-order valence-electron chi connectivity index (χ0n) is 11.9. The van der Waals surface area contributed by atoms with Gasteiger partial charge >= 0.3 is 5.97 Å². The van der Waals surface area contributed by atoms with Crippen LogP contribution in [0.1, 0.15) is 68.6 Å². The molecule has 1 heterocycles. The molecule has 0 amide bonds. The Morgan fingerprint density at radius 1 is 1.16 bits per heavy atom. The lowest BCUT2D eigenvalue weighted by molar-refractivity contribution is 0.0695. The minimum absolute atomic E-state index is 0.159. The van der Waals surface area contributed by atoms with Crippen LogP contribution in [0, 0.1) is 11.3 Å². The van der Waals surface area contributed by atoms with Gasteiger partial charge in [0.05, 0.1) is 5.56 Å². The van der Waals surface area contributed by atoms with Gasteiger partial charge in [-0.15, -0.1) is 0 Å². The van der Waals surface area contributed by atoms with Crippen molar-refractivity contribution >= 4 is 5.97 Å². The van der Waals surface area contributed by atoms with E-state index in [1.165, 1.54) is 25.2 Å². The van der Waals surface area contributed by atoms with Gasteiger partial charge in [-0.25, -0.2) is 14.8 Å². The van der Waals surface area contributed by atoms with Crippen molar-refractivity contribution in [2.75, 3.05) is 0 Å². The Bertz CT molecular complexity index is 440. The molecule has 2 rings (SSSR count). The molecule has 1 aliphatic rings. The van der Waals surface area contributed by atoms with Gasteiger partial charge in [0.15, 0.2) is 0 Å². The molecule has 19 heavy (non-hydrogen) atoms. The SMILES string of the molecule is CC(C)(C)C1CCC(c2ncc(C(=O)O)cn2)CC1. The van der Waals surface area contributed by atoms with E-state index in [1.807, 2.05) is 0 Å². The number of aromatic nitrogens is 2. The highest BCUT2D eigenvalue weighted by Crippen LogP contribution is 2.42. The van der Waals surface area contributed by atoms with Gasteiger partial charge in [-0.2, -0.15) is 0 Å². The Balaban J connectivity index is 2.00. The lowest BCUT2D eigenvalue weighted by atomic mass is 9.70. The third-order valence-corrected chi connectivity index (χ3v) is 4.24. The Labute approximate surface area is 114 Å². The summed E-state index contributed by atoms with van der Waals surface area (Å²) in [6.07, 6.45) is 7.46. The quantitative estimate of drug-likeness (QED) is 0.886.